The van der Waals surface area contributed by atoms with Crippen molar-refractivity contribution in [2.45, 2.75) is 52.4 Å². The highest BCUT2D eigenvalue weighted by Gasteiger charge is 1.99. The summed E-state index contributed by atoms with van der Waals surface area (Å²) >= 11 is 0. The summed E-state index contributed by atoms with van der Waals surface area (Å²) in [6, 6.07) is 0. The molecule has 0 rings (SSSR count). The van der Waals surface area contributed by atoms with Crippen LogP contribution in [0.5, 0.6) is 0 Å². The van der Waals surface area contributed by atoms with E-state index in [1.54, 1.807) is 0 Å². The fourth-order valence-corrected chi connectivity index (χ4v) is 1.37. The van der Waals surface area contributed by atoms with E-state index in [9.17, 15) is 8.78 Å². The van der Waals surface area contributed by atoms with Gasteiger partial charge in [0.25, 0.3) is 6.43 Å². The number of hydrogen-bond acceptors (Lipinski definition) is 1. The lowest BCUT2D eigenvalue weighted by Gasteiger charge is -2.05. The van der Waals surface area contributed by atoms with E-state index in [2.05, 4.69) is 19.2 Å². The van der Waals surface area contributed by atoms with Crippen LogP contribution in [0.3, 0.4) is 0 Å². The third-order valence-electron chi connectivity index (χ3n) is 2.18. The van der Waals surface area contributed by atoms with Gasteiger partial charge in [-0.1, -0.05) is 39.5 Å². The molecule has 1 nitrogen and oxygen atoms in total. The second-order valence-electron chi connectivity index (χ2n) is 4.19. The van der Waals surface area contributed by atoms with Crippen molar-refractivity contribution in [3.63, 3.8) is 0 Å². The number of rotatable bonds is 9. The molecule has 0 unspecified atom stereocenters. The van der Waals surface area contributed by atoms with Crippen molar-refractivity contribution in [2.75, 3.05) is 13.1 Å². The number of unbranched alkanes of at least 4 members (excludes halogenated alkanes) is 3. The summed E-state index contributed by atoms with van der Waals surface area (Å²) in [5.41, 5.74) is 0. The van der Waals surface area contributed by atoms with Crippen molar-refractivity contribution in [1.82, 2.24) is 5.32 Å². The van der Waals surface area contributed by atoms with E-state index in [0.717, 1.165) is 25.3 Å². The molecule has 0 aromatic heterocycles. The fourth-order valence-electron chi connectivity index (χ4n) is 1.37. The quantitative estimate of drug-likeness (QED) is 0.571. The van der Waals surface area contributed by atoms with E-state index in [0.29, 0.717) is 0 Å². The van der Waals surface area contributed by atoms with Gasteiger partial charge >= 0.3 is 0 Å². The molecule has 14 heavy (non-hydrogen) atoms. The molecule has 0 aromatic carbocycles. The predicted octanol–water partition coefficient (Wildman–Crippen LogP) is 3.45. The maximum Gasteiger partial charge on any atom is 0.250 e. The molecule has 0 spiro atoms. The highest BCUT2D eigenvalue weighted by Crippen LogP contribution is 2.08. The monoisotopic (exact) mass is 207 g/mol. The van der Waals surface area contributed by atoms with Crippen molar-refractivity contribution in [3.8, 4) is 0 Å². The largest absolute Gasteiger partial charge is 0.311 e. The Hall–Kier alpha value is -0.180. The average molecular weight is 207 g/mol. The Bertz CT molecular complexity index is 102. The summed E-state index contributed by atoms with van der Waals surface area (Å²) in [5.74, 6) is 0.784. The van der Waals surface area contributed by atoms with Crippen LogP contribution in [-0.4, -0.2) is 19.5 Å². The van der Waals surface area contributed by atoms with Crippen LogP contribution < -0.4 is 5.32 Å². The minimum absolute atomic E-state index is 0.161. The Morgan fingerprint density at radius 3 is 2.21 bits per heavy atom. The van der Waals surface area contributed by atoms with E-state index in [-0.39, 0.29) is 6.54 Å². The van der Waals surface area contributed by atoms with Crippen molar-refractivity contribution in [2.24, 2.45) is 5.92 Å². The number of hydrogen-bond donors (Lipinski definition) is 1. The minimum atomic E-state index is -2.21. The van der Waals surface area contributed by atoms with Crippen molar-refractivity contribution < 1.29 is 8.78 Å². The van der Waals surface area contributed by atoms with Crippen LogP contribution in [-0.2, 0) is 0 Å². The Kier molecular flexibility index (Phi) is 9.26. The van der Waals surface area contributed by atoms with Gasteiger partial charge in [-0.3, -0.25) is 0 Å². The predicted molar refractivity (Wildman–Crippen MR) is 56.8 cm³/mol. The normalized spacial score (nSPS) is 11.6. The molecule has 0 fully saturated rings. The van der Waals surface area contributed by atoms with Crippen LogP contribution in [0.25, 0.3) is 0 Å². The fraction of sp³-hybridized carbons (Fsp3) is 1.00. The number of alkyl halides is 2. The number of nitrogens with one attached hydrogen (secondary N) is 1. The zero-order valence-corrected chi connectivity index (χ0v) is 9.36. The average Bonchev–Trinajstić information content (AvgIpc) is 2.08. The lowest BCUT2D eigenvalue weighted by Crippen LogP contribution is -2.22. The lowest BCUT2D eigenvalue weighted by atomic mass is 10.0. The molecule has 0 heterocycles. The number of halogens is 2. The molecule has 0 saturated carbocycles. The van der Waals surface area contributed by atoms with E-state index < -0.39 is 6.43 Å². The Morgan fingerprint density at radius 2 is 1.64 bits per heavy atom. The smallest absolute Gasteiger partial charge is 0.250 e. The zero-order chi connectivity index (χ0) is 10.8. The van der Waals surface area contributed by atoms with Gasteiger partial charge in [0.2, 0.25) is 0 Å². The van der Waals surface area contributed by atoms with Gasteiger partial charge in [-0.2, -0.15) is 0 Å². The molecule has 0 atom stereocenters. The molecular weight excluding hydrogens is 184 g/mol. The minimum Gasteiger partial charge on any atom is -0.311 e. The molecule has 3 heteroatoms. The second kappa shape index (κ2) is 9.38. The molecule has 1 N–H and O–H groups in total. The van der Waals surface area contributed by atoms with E-state index >= 15 is 0 Å². The molecular formula is C11H23F2N. The Labute approximate surface area is 86.3 Å². The molecule has 0 aliphatic rings. The second-order valence-corrected chi connectivity index (χ2v) is 4.19. The molecule has 0 aliphatic carbocycles. The van der Waals surface area contributed by atoms with Crippen molar-refractivity contribution in [1.29, 1.82) is 0 Å². The van der Waals surface area contributed by atoms with Gasteiger partial charge in [0.15, 0.2) is 0 Å². The van der Waals surface area contributed by atoms with Gasteiger partial charge in [0.1, 0.15) is 0 Å². The van der Waals surface area contributed by atoms with Crippen LogP contribution >= 0.6 is 0 Å². The van der Waals surface area contributed by atoms with Gasteiger partial charge < -0.3 is 5.32 Å². The SMILES string of the molecule is CC(C)CCCCCCNCC(F)F. The summed E-state index contributed by atoms with van der Waals surface area (Å²) in [4.78, 5) is 0. The van der Waals surface area contributed by atoms with Crippen molar-refractivity contribution >= 4 is 0 Å². The highest BCUT2D eigenvalue weighted by atomic mass is 19.3. The Balaban J connectivity index is 2.92. The van der Waals surface area contributed by atoms with Crippen molar-refractivity contribution in [3.05, 3.63) is 0 Å². The van der Waals surface area contributed by atoms with E-state index in [1.165, 1.54) is 19.3 Å². The van der Waals surface area contributed by atoms with Gasteiger partial charge in [-0.15, -0.1) is 0 Å². The molecule has 0 bridgehead atoms. The Morgan fingerprint density at radius 1 is 1.00 bits per heavy atom. The topological polar surface area (TPSA) is 12.0 Å². The van der Waals surface area contributed by atoms with Gasteiger partial charge in [-0.25, -0.2) is 8.78 Å². The third kappa shape index (κ3) is 11.8. The van der Waals surface area contributed by atoms with Crippen LogP contribution in [0.2, 0.25) is 0 Å². The van der Waals surface area contributed by atoms with E-state index in [4.69, 9.17) is 0 Å². The first-order chi connectivity index (χ1) is 6.63. The van der Waals surface area contributed by atoms with Crippen LogP contribution in [0.4, 0.5) is 8.78 Å². The summed E-state index contributed by atoms with van der Waals surface area (Å²) in [7, 11) is 0. The molecule has 0 aromatic rings. The van der Waals surface area contributed by atoms with Crippen LogP contribution in [0.15, 0.2) is 0 Å². The summed E-state index contributed by atoms with van der Waals surface area (Å²) in [6.45, 7) is 5.02. The first kappa shape index (κ1) is 13.8. The lowest BCUT2D eigenvalue weighted by molar-refractivity contribution is 0.146. The molecule has 0 saturated heterocycles. The molecule has 0 aliphatic heterocycles. The third-order valence-corrected chi connectivity index (χ3v) is 2.18. The van der Waals surface area contributed by atoms with Crippen LogP contribution in [0, 0.1) is 5.92 Å². The highest BCUT2D eigenvalue weighted by molar-refractivity contribution is 4.51. The zero-order valence-electron chi connectivity index (χ0n) is 9.36. The standard InChI is InChI=1S/C11H23F2N/c1-10(2)7-5-3-4-6-8-14-9-11(12)13/h10-11,14H,3-9H2,1-2H3. The maximum absolute atomic E-state index is 11.7. The van der Waals surface area contributed by atoms with Gasteiger partial charge in [0.05, 0.1) is 6.54 Å². The van der Waals surface area contributed by atoms with Gasteiger partial charge in [-0.05, 0) is 18.9 Å². The maximum atomic E-state index is 11.7. The van der Waals surface area contributed by atoms with E-state index in [1.807, 2.05) is 0 Å². The summed E-state index contributed by atoms with van der Waals surface area (Å²) in [6.07, 6.45) is 3.75. The first-order valence-electron chi connectivity index (χ1n) is 5.61. The first-order valence-corrected chi connectivity index (χ1v) is 5.61. The molecule has 0 amide bonds. The molecule has 0 radical (unpaired) electrons. The summed E-state index contributed by atoms with van der Waals surface area (Å²) < 4.78 is 23.4. The van der Waals surface area contributed by atoms with Crippen LogP contribution in [0.1, 0.15) is 46.0 Å². The van der Waals surface area contributed by atoms with Gasteiger partial charge in [0, 0.05) is 0 Å². The molecule has 86 valence electrons. The summed E-state index contributed by atoms with van der Waals surface area (Å²) in [5, 5.41) is 2.73.